The van der Waals surface area contributed by atoms with E-state index in [0.29, 0.717) is 12.0 Å². The molecular formula is C50H60O12. The summed E-state index contributed by atoms with van der Waals surface area (Å²) in [5.74, 6) is -2.93. The highest BCUT2D eigenvalue weighted by Gasteiger charge is 2.53. The Morgan fingerprint density at radius 1 is 0.435 bits per heavy atom. The predicted octanol–water partition coefficient (Wildman–Crippen LogP) is 8.95. The lowest BCUT2D eigenvalue weighted by Crippen LogP contribution is -2.63. The van der Waals surface area contributed by atoms with Gasteiger partial charge >= 0.3 is 23.9 Å². The molecule has 1 fully saturated rings. The van der Waals surface area contributed by atoms with Crippen molar-refractivity contribution in [2.45, 2.75) is 108 Å². The van der Waals surface area contributed by atoms with Gasteiger partial charge in [-0.3, -0.25) is 0 Å². The van der Waals surface area contributed by atoms with Gasteiger partial charge in [-0.25, -0.2) is 19.2 Å². The molecule has 1 aliphatic heterocycles. The van der Waals surface area contributed by atoms with E-state index in [1.54, 1.807) is 121 Å². The molecule has 0 radical (unpaired) electrons. The Kier molecular flexibility index (Phi) is 21.2. The Morgan fingerprint density at radius 2 is 0.806 bits per heavy atom. The second kappa shape index (κ2) is 27.5. The summed E-state index contributed by atoms with van der Waals surface area (Å²) < 4.78 is 42.6. The molecule has 62 heavy (non-hydrogen) atoms. The minimum Gasteiger partial charge on any atom is -0.459 e. The Labute approximate surface area is 364 Å². The molecule has 0 aliphatic carbocycles. The zero-order chi connectivity index (χ0) is 43.6. The van der Waals surface area contributed by atoms with Crippen molar-refractivity contribution in [1.29, 1.82) is 0 Å². The van der Waals surface area contributed by atoms with Crippen molar-refractivity contribution >= 4 is 23.9 Å². The maximum Gasteiger partial charge on any atom is 0.338 e. The second-order valence-electron chi connectivity index (χ2n) is 15.2. The van der Waals surface area contributed by atoms with Gasteiger partial charge in [-0.1, -0.05) is 124 Å². The molecule has 0 unspecified atom stereocenters. The highest BCUT2D eigenvalue weighted by atomic mass is 16.7. The van der Waals surface area contributed by atoms with Crippen molar-refractivity contribution in [2.75, 3.05) is 33.0 Å². The molecule has 12 heteroatoms. The van der Waals surface area contributed by atoms with Gasteiger partial charge in [-0.15, -0.1) is 0 Å². The molecule has 1 N–H and O–H groups in total. The number of rotatable bonds is 27. The van der Waals surface area contributed by atoms with E-state index in [0.717, 1.165) is 77.4 Å². The van der Waals surface area contributed by atoms with E-state index in [1.165, 1.54) is 6.42 Å². The normalized spacial score (nSPS) is 18.4. The highest BCUT2D eigenvalue weighted by Crippen LogP contribution is 2.32. The fraction of sp³-hybridized carbons (Fsp3) is 0.440. The largest absolute Gasteiger partial charge is 0.459 e. The quantitative estimate of drug-likeness (QED) is 0.0346. The monoisotopic (exact) mass is 852 g/mol. The van der Waals surface area contributed by atoms with E-state index >= 15 is 0 Å². The summed E-state index contributed by atoms with van der Waals surface area (Å²) >= 11 is 0. The average Bonchev–Trinajstić information content (AvgIpc) is 3.31. The molecule has 5 rings (SSSR count). The van der Waals surface area contributed by atoms with Gasteiger partial charge in [0.25, 0.3) is 0 Å². The van der Waals surface area contributed by atoms with Crippen molar-refractivity contribution in [3.8, 4) is 0 Å². The van der Waals surface area contributed by atoms with Crippen LogP contribution in [0.15, 0.2) is 121 Å². The maximum atomic E-state index is 13.8. The number of aliphatic hydroxyl groups excluding tert-OH is 1. The molecule has 332 valence electrons. The van der Waals surface area contributed by atoms with Crippen molar-refractivity contribution in [2.24, 2.45) is 0 Å². The highest BCUT2D eigenvalue weighted by molar-refractivity contribution is 5.91. The topological polar surface area (TPSA) is 153 Å². The molecule has 0 spiro atoms. The van der Waals surface area contributed by atoms with Crippen LogP contribution in [0, 0.1) is 0 Å². The number of ether oxygens (including phenoxy) is 7. The molecule has 1 heterocycles. The summed E-state index contributed by atoms with van der Waals surface area (Å²) in [6.45, 7) is 1.58. The van der Waals surface area contributed by atoms with Crippen LogP contribution in [0.3, 0.4) is 0 Å². The number of benzene rings is 4. The lowest BCUT2D eigenvalue weighted by Gasteiger charge is -2.44. The molecule has 0 amide bonds. The van der Waals surface area contributed by atoms with Gasteiger partial charge in [0, 0.05) is 26.4 Å². The number of hydrogen-bond donors (Lipinski definition) is 1. The summed E-state index contributed by atoms with van der Waals surface area (Å²) in [4.78, 5) is 54.5. The van der Waals surface area contributed by atoms with Gasteiger partial charge in [0.15, 0.2) is 24.6 Å². The molecular weight excluding hydrogens is 793 g/mol. The first-order valence-corrected chi connectivity index (χ1v) is 21.9. The van der Waals surface area contributed by atoms with E-state index in [1.807, 2.05) is 0 Å². The van der Waals surface area contributed by atoms with Crippen molar-refractivity contribution in [3.63, 3.8) is 0 Å². The van der Waals surface area contributed by atoms with Crippen LogP contribution in [0.5, 0.6) is 0 Å². The number of hydrogen-bond acceptors (Lipinski definition) is 12. The predicted molar refractivity (Wildman–Crippen MR) is 232 cm³/mol. The smallest absolute Gasteiger partial charge is 0.338 e. The van der Waals surface area contributed by atoms with E-state index in [9.17, 15) is 19.2 Å². The third-order valence-corrected chi connectivity index (χ3v) is 10.4. The van der Waals surface area contributed by atoms with Gasteiger partial charge in [0.1, 0.15) is 12.7 Å². The molecule has 0 bridgehead atoms. The lowest BCUT2D eigenvalue weighted by molar-refractivity contribution is -0.298. The summed E-state index contributed by atoms with van der Waals surface area (Å²) in [7, 11) is 0. The first-order chi connectivity index (χ1) is 30.4. The number of esters is 4. The van der Waals surface area contributed by atoms with Gasteiger partial charge in [0.2, 0.25) is 0 Å². The minimum atomic E-state index is -1.47. The van der Waals surface area contributed by atoms with Crippen LogP contribution in [0.1, 0.15) is 118 Å². The first kappa shape index (κ1) is 47.6. The molecule has 1 aliphatic rings. The van der Waals surface area contributed by atoms with E-state index in [2.05, 4.69) is 0 Å². The molecule has 4 aromatic rings. The maximum absolute atomic E-state index is 13.8. The number of carbonyl (C=O) groups excluding carboxylic acids is 4. The fourth-order valence-electron chi connectivity index (χ4n) is 7.00. The van der Waals surface area contributed by atoms with Crippen molar-refractivity contribution in [1.82, 2.24) is 0 Å². The SMILES string of the molecule is O=C(OC[C@H]1O[C@@H](OCCCCCCCCOCCCCCCCCO)[C@H](OC(=O)c2ccccc2)[C@@H](OC(=O)c2ccccc2)[C@@H]1OC(=O)c1ccccc1)c1ccccc1. The standard InChI is InChI=1S/C50H60O12/c51-33-21-5-1-2-6-22-34-56-35-23-7-3-4-8-24-36-57-50-45(62-49(55)41-31-19-12-20-32-41)44(61-48(54)40-29-17-11-18-30-40)43(60-47(53)39-27-15-10-16-28-39)42(59-50)37-58-46(52)38-25-13-9-14-26-38/h9-20,25-32,42-45,50-51H,1-8,21-24,33-37H2/t42-,43-,44+,45-,50-/m1/s1. The number of unbranched alkanes of at least 4 members (excludes halogenated alkanes) is 10. The fourth-order valence-corrected chi connectivity index (χ4v) is 7.00. The van der Waals surface area contributed by atoms with Gasteiger partial charge in [-0.05, 0) is 74.2 Å². The van der Waals surface area contributed by atoms with Crippen LogP contribution in [0.25, 0.3) is 0 Å². The van der Waals surface area contributed by atoms with Crippen LogP contribution in [-0.4, -0.2) is 92.7 Å². The lowest BCUT2D eigenvalue weighted by atomic mass is 9.97. The minimum absolute atomic E-state index is 0.206. The zero-order valence-corrected chi connectivity index (χ0v) is 35.4. The van der Waals surface area contributed by atoms with Gasteiger partial charge in [0.05, 0.1) is 22.3 Å². The van der Waals surface area contributed by atoms with Gasteiger partial charge < -0.3 is 38.3 Å². The molecule has 1 saturated heterocycles. The Bertz CT molecular complexity index is 1880. The van der Waals surface area contributed by atoms with Crippen LogP contribution in [0.2, 0.25) is 0 Å². The molecule has 4 aromatic carbocycles. The first-order valence-electron chi connectivity index (χ1n) is 21.9. The molecule has 0 aromatic heterocycles. The van der Waals surface area contributed by atoms with Crippen LogP contribution < -0.4 is 0 Å². The van der Waals surface area contributed by atoms with Crippen LogP contribution >= 0.6 is 0 Å². The number of carbonyl (C=O) groups is 4. The van der Waals surface area contributed by atoms with Crippen molar-refractivity contribution < 1.29 is 57.4 Å². The molecule has 5 atom stereocenters. The molecule has 12 nitrogen and oxygen atoms in total. The van der Waals surface area contributed by atoms with E-state index < -0.39 is 61.2 Å². The second-order valence-corrected chi connectivity index (χ2v) is 15.2. The third-order valence-electron chi connectivity index (χ3n) is 10.4. The molecule has 0 saturated carbocycles. The summed E-state index contributed by atoms with van der Waals surface area (Å²) in [6, 6.07) is 33.2. The summed E-state index contributed by atoms with van der Waals surface area (Å²) in [6.07, 6.45) is 5.21. The Morgan fingerprint density at radius 3 is 1.26 bits per heavy atom. The van der Waals surface area contributed by atoms with Crippen molar-refractivity contribution in [3.05, 3.63) is 144 Å². The van der Waals surface area contributed by atoms with Gasteiger partial charge in [-0.2, -0.15) is 0 Å². The zero-order valence-electron chi connectivity index (χ0n) is 35.4. The average molecular weight is 853 g/mol. The van der Waals surface area contributed by atoms with Crippen LogP contribution in [0.4, 0.5) is 0 Å². The third kappa shape index (κ3) is 16.1. The van der Waals surface area contributed by atoms with E-state index in [-0.39, 0.29) is 29.9 Å². The summed E-state index contributed by atoms with van der Waals surface area (Å²) in [5.41, 5.74) is 0.936. The Hall–Kier alpha value is -5.40. The summed E-state index contributed by atoms with van der Waals surface area (Å²) in [5, 5.41) is 8.89. The Balaban J connectivity index is 1.28. The van der Waals surface area contributed by atoms with E-state index in [4.69, 9.17) is 38.3 Å². The number of aliphatic hydroxyl groups is 1. The van der Waals surface area contributed by atoms with Crippen LogP contribution in [-0.2, 0) is 33.2 Å².